The summed E-state index contributed by atoms with van der Waals surface area (Å²) in [6.45, 7) is 14.2. The molecule has 7 nitrogen and oxygen atoms in total. The highest BCUT2D eigenvalue weighted by molar-refractivity contribution is 5.88. The maximum absolute atomic E-state index is 12.8. The second-order valence-electron chi connectivity index (χ2n) is 8.81. The molecule has 2 aliphatic rings. The summed E-state index contributed by atoms with van der Waals surface area (Å²) in [4.78, 5) is 26.5. The molecule has 0 aromatic carbocycles. The van der Waals surface area contributed by atoms with Crippen LogP contribution in [-0.2, 0) is 24.2 Å². The Labute approximate surface area is 169 Å². The normalized spacial score (nSPS) is 19.9. The SMILES string of the molecule is CCNC(=NCCc1cn2c(n1)CCCC2)N1CC(=O)N(C(C)C)C(C)(C)C1. The van der Waals surface area contributed by atoms with Crippen molar-refractivity contribution in [2.24, 2.45) is 4.99 Å². The first-order chi connectivity index (χ1) is 13.3. The van der Waals surface area contributed by atoms with E-state index in [9.17, 15) is 4.79 Å². The Kier molecular flexibility index (Phi) is 6.30. The zero-order chi connectivity index (χ0) is 20.3. The van der Waals surface area contributed by atoms with Gasteiger partial charge >= 0.3 is 0 Å². The smallest absolute Gasteiger partial charge is 0.242 e. The van der Waals surface area contributed by atoms with Crippen molar-refractivity contribution in [1.29, 1.82) is 0 Å². The van der Waals surface area contributed by atoms with E-state index in [-0.39, 0.29) is 17.5 Å². The van der Waals surface area contributed by atoms with Crippen LogP contribution >= 0.6 is 0 Å². The van der Waals surface area contributed by atoms with Crippen molar-refractivity contribution in [3.05, 3.63) is 17.7 Å². The molecule has 1 aromatic heterocycles. The van der Waals surface area contributed by atoms with Gasteiger partial charge in [0.1, 0.15) is 5.82 Å². The van der Waals surface area contributed by atoms with Crippen LogP contribution in [0.25, 0.3) is 0 Å². The standard InChI is InChI=1S/C21H36N6O/c1-6-22-20(26-14-19(28)27(16(2)3)21(4,5)15-26)23-11-10-17-13-25-12-8-7-9-18(25)24-17/h13,16H,6-12,14-15H2,1-5H3,(H,22,23). The Bertz CT molecular complexity index is 697. The lowest BCUT2D eigenvalue weighted by atomic mass is 9.96. The van der Waals surface area contributed by atoms with E-state index < -0.39 is 0 Å². The number of rotatable bonds is 5. The largest absolute Gasteiger partial charge is 0.357 e. The number of carbonyl (C=O) groups is 1. The minimum atomic E-state index is -0.220. The fourth-order valence-electron chi connectivity index (χ4n) is 4.61. The van der Waals surface area contributed by atoms with Gasteiger partial charge in [0.25, 0.3) is 0 Å². The average Bonchev–Trinajstić information content (AvgIpc) is 3.02. The highest BCUT2D eigenvalue weighted by Gasteiger charge is 2.40. The van der Waals surface area contributed by atoms with Crippen LogP contribution in [0.4, 0.5) is 0 Å². The Balaban J connectivity index is 1.67. The summed E-state index contributed by atoms with van der Waals surface area (Å²) < 4.78 is 2.29. The first-order valence-electron chi connectivity index (χ1n) is 10.7. The molecule has 0 atom stereocenters. The molecule has 0 bridgehead atoms. The number of piperazine rings is 1. The first kappa shape index (κ1) is 20.7. The molecule has 7 heteroatoms. The Morgan fingerprint density at radius 1 is 1.36 bits per heavy atom. The summed E-state index contributed by atoms with van der Waals surface area (Å²) in [5.74, 6) is 2.21. The van der Waals surface area contributed by atoms with Gasteiger partial charge in [-0.05, 0) is 47.5 Å². The lowest BCUT2D eigenvalue weighted by Crippen LogP contribution is -2.66. The molecule has 0 unspecified atom stereocenters. The van der Waals surface area contributed by atoms with Crippen molar-refractivity contribution < 1.29 is 4.79 Å². The molecule has 0 spiro atoms. The fraction of sp³-hybridized carbons (Fsp3) is 0.762. The van der Waals surface area contributed by atoms with E-state index in [1.165, 1.54) is 18.7 Å². The van der Waals surface area contributed by atoms with Crippen molar-refractivity contribution in [2.45, 2.75) is 78.4 Å². The Morgan fingerprint density at radius 2 is 2.14 bits per heavy atom. The molecule has 3 rings (SSSR count). The molecule has 0 saturated carbocycles. The zero-order valence-electron chi connectivity index (χ0n) is 18.2. The van der Waals surface area contributed by atoms with Crippen molar-refractivity contribution in [3.63, 3.8) is 0 Å². The number of hydrogen-bond donors (Lipinski definition) is 1. The quantitative estimate of drug-likeness (QED) is 0.619. The number of amides is 1. The molecular weight excluding hydrogens is 352 g/mol. The predicted molar refractivity (Wildman–Crippen MR) is 112 cm³/mol. The van der Waals surface area contributed by atoms with E-state index in [4.69, 9.17) is 9.98 Å². The minimum Gasteiger partial charge on any atom is -0.357 e. The number of aromatic nitrogens is 2. The van der Waals surface area contributed by atoms with Crippen LogP contribution in [0, 0.1) is 0 Å². The van der Waals surface area contributed by atoms with Gasteiger partial charge < -0.3 is 19.7 Å². The maximum atomic E-state index is 12.8. The Morgan fingerprint density at radius 3 is 2.79 bits per heavy atom. The van der Waals surface area contributed by atoms with E-state index in [0.717, 1.165) is 44.1 Å². The van der Waals surface area contributed by atoms with Gasteiger partial charge in [-0.3, -0.25) is 9.79 Å². The van der Waals surface area contributed by atoms with Gasteiger partial charge in [0.05, 0.1) is 17.8 Å². The fourth-order valence-corrected chi connectivity index (χ4v) is 4.61. The molecule has 28 heavy (non-hydrogen) atoms. The summed E-state index contributed by atoms with van der Waals surface area (Å²) in [5, 5.41) is 3.37. The number of carbonyl (C=O) groups excluding carboxylic acids is 1. The summed E-state index contributed by atoms with van der Waals surface area (Å²) in [5.41, 5.74) is 0.903. The van der Waals surface area contributed by atoms with E-state index in [1.54, 1.807) is 0 Å². The number of fused-ring (bicyclic) bond motifs is 1. The molecule has 1 N–H and O–H groups in total. The highest BCUT2D eigenvalue weighted by Crippen LogP contribution is 2.24. The number of imidazole rings is 1. The number of aliphatic imine (C=N–C) groups is 1. The topological polar surface area (TPSA) is 65.8 Å². The van der Waals surface area contributed by atoms with Gasteiger partial charge in [0.15, 0.2) is 5.96 Å². The minimum absolute atomic E-state index is 0.165. The molecular formula is C21H36N6O. The number of aryl methyl sites for hydroxylation is 2. The third kappa shape index (κ3) is 4.50. The van der Waals surface area contributed by atoms with Gasteiger partial charge in [-0.2, -0.15) is 0 Å². The molecule has 1 fully saturated rings. The third-order valence-corrected chi connectivity index (χ3v) is 5.56. The average molecular weight is 389 g/mol. The van der Waals surface area contributed by atoms with Crippen molar-refractivity contribution in [2.75, 3.05) is 26.2 Å². The van der Waals surface area contributed by atoms with Crippen molar-refractivity contribution in [1.82, 2.24) is 24.7 Å². The summed E-state index contributed by atoms with van der Waals surface area (Å²) >= 11 is 0. The molecule has 1 amide bonds. The highest BCUT2D eigenvalue weighted by atomic mass is 16.2. The number of nitrogens with zero attached hydrogens (tertiary/aromatic N) is 5. The number of hydrogen-bond acceptors (Lipinski definition) is 3. The molecule has 156 valence electrons. The van der Waals surface area contributed by atoms with Gasteiger partial charge in [-0.25, -0.2) is 4.98 Å². The van der Waals surface area contributed by atoms with E-state index in [1.807, 2.05) is 4.90 Å². The zero-order valence-corrected chi connectivity index (χ0v) is 18.2. The van der Waals surface area contributed by atoms with E-state index in [2.05, 4.69) is 55.6 Å². The monoisotopic (exact) mass is 388 g/mol. The second kappa shape index (κ2) is 8.53. The number of guanidine groups is 1. The van der Waals surface area contributed by atoms with Crippen LogP contribution in [0.2, 0.25) is 0 Å². The van der Waals surface area contributed by atoms with Crippen LogP contribution in [-0.4, -0.2) is 69.0 Å². The van der Waals surface area contributed by atoms with Gasteiger partial charge in [0, 0.05) is 51.3 Å². The molecule has 0 aliphatic carbocycles. The first-order valence-corrected chi connectivity index (χ1v) is 10.7. The third-order valence-electron chi connectivity index (χ3n) is 5.56. The molecule has 1 aromatic rings. The van der Waals surface area contributed by atoms with Crippen molar-refractivity contribution >= 4 is 11.9 Å². The van der Waals surface area contributed by atoms with Crippen LogP contribution < -0.4 is 5.32 Å². The van der Waals surface area contributed by atoms with Crippen LogP contribution in [0.3, 0.4) is 0 Å². The summed E-state index contributed by atoms with van der Waals surface area (Å²) in [6.07, 6.45) is 6.59. The predicted octanol–water partition coefficient (Wildman–Crippen LogP) is 2.06. The molecule has 3 heterocycles. The second-order valence-corrected chi connectivity index (χ2v) is 8.81. The summed E-state index contributed by atoms with van der Waals surface area (Å²) in [7, 11) is 0. The van der Waals surface area contributed by atoms with Gasteiger partial charge in [-0.1, -0.05) is 0 Å². The van der Waals surface area contributed by atoms with Crippen molar-refractivity contribution in [3.8, 4) is 0 Å². The van der Waals surface area contributed by atoms with Crippen LogP contribution in [0.15, 0.2) is 11.2 Å². The maximum Gasteiger partial charge on any atom is 0.242 e. The molecule has 2 aliphatic heterocycles. The molecule has 0 radical (unpaired) electrons. The molecule has 1 saturated heterocycles. The summed E-state index contributed by atoms with van der Waals surface area (Å²) in [6, 6.07) is 0.205. The van der Waals surface area contributed by atoms with E-state index >= 15 is 0 Å². The number of nitrogens with one attached hydrogen (secondary N) is 1. The van der Waals surface area contributed by atoms with Crippen LogP contribution in [0.1, 0.15) is 59.0 Å². The van der Waals surface area contributed by atoms with Crippen LogP contribution in [0.5, 0.6) is 0 Å². The lowest BCUT2D eigenvalue weighted by Gasteiger charge is -2.49. The van der Waals surface area contributed by atoms with Gasteiger partial charge in [-0.15, -0.1) is 0 Å². The van der Waals surface area contributed by atoms with Gasteiger partial charge in [0.2, 0.25) is 5.91 Å². The Hall–Kier alpha value is -2.05. The lowest BCUT2D eigenvalue weighted by molar-refractivity contribution is -0.145. The van der Waals surface area contributed by atoms with E-state index in [0.29, 0.717) is 13.1 Å².